The highest BCUT2D eigenvalue weighted by atomic mass is 35.5. The number of hydrogen-bond acceptors (Lipinski definition) is 6. The summed E-state index contributed by atoms with van der Waals surface area (Å²) >= 11 is 1.48. The fourth-order valence-electron chi connectivity index (χ4n) is 3.61. The zero-order valence-electron chi connectivity index (χ0n) is 20.5. The van der Waals surface area contributed by atoms with Gasteiger partial charge in [-0.3, -0.25) is 9.69 Å². The van der Waals surface area contributed by atoms with Gasteiger partial charge in [-0.2, -0.15) is 0 Å². The molecule has 34 heavy (non-hydrogen) atoms. The Bertz CT molecular complexity index is 1180. The van der Waals surface area contributed by atoms with Crippen molar-refractivity contribution in [3.05, 3.63) is 53.1 Å². The number of halogens is 1. The molecule has 6 nitrogen and oxygen atoms in total. The van der Waals surface area contributed by atoms with Crippen molar-refractivity contribution in [1.82, 2.24) is 9.88 Å². The van der Waals surface area contributed by atoms with Crippen LogP contribution in [0.4, 0.5) is 5.13 Å². The van der Waals surface area contributed by atoms with Gasteiger partial charge in [-0.25, -0.2) is 13.4 Å². The highest BCUT2D eigenvalue weighted by Gasteiger charge is 2.24. The minimum Gasteiger partial charge on any atom is -0.302 e. The van der Waals surface area contributed by atoms with Gasteiger partial charge in [0, 0.05) is 19.5 Å². The number of sulfone groups is 1. The number of anilines is 1. The molecule has 0 saturated carbocycles. The smallest absolute Gasteiger partial charge is 0.229 e. The molecule has 0 N–H and O–H groups in total. The largest absolute Gasteiger partial charge is 0.302 e. The minimum absolute atomic E-state index is 0. The highest BCUT2D eigenvalue weighted by Crippen LogP contribution is 2.31. The van der Waals surface area contributed by atoms with Crippen molar-refractivity contribution < 1.29 is 13.2 Å². The van der Waals surface area contributed by atoms with Crippen LogP contribution in [0, 0.1) is 20.8 Å². The SMILES string of the molecule is CCN(CC)CCN(C(=O)CCS(=O)(=O)c1ccc(C)cc1)c1nc2cc(C)c(C)cc2s1.Cl. The number of likely N-dealkylation sites (N-methyl/N-ethyl adjacent to an activating group) is 1. The standard InChI is InChI=1S/C25H33N3O3S2.ClH/c1-6-27(7-2)13-14-28(25-26-22-16-19(4)20(5)17-23(22)32-25)24(29)12-15-33(30,31)21-10-8-18(3)9-11-21;/h8-11,16-17H,6-7,12-15H2,1-5H3;1H. The Balaban J connectivity index is 0.00000408. The van der Waals surface area contributed by atoms with Gasteiger partial charge in [-0.1, -0.05) is 42.9 Å². The Labute approximate surface area is 213 Å². The molecule has 0 bridgehead atoms. The maximum atomic E-state index is 13.3. The van der Waals surface area contributed by atoms with Gasteiger partial charge < -0.3 is 4.90 Å². The van der Waals surface area contributed by atoms with Crippen LogP contribution in [0.2, 0.25) is 0 Å². The number of benzene rings is 2. The van der Waals surface area contributed by atoms with Crippen LogP contribution in [0.5, 0.6) is 0 Å². The van der Waals surface area contributed by atoms with E-state index >= 15 is 0 Å². The molecule has 3 rings (SSSR count). The zero-order valence-corrected chi connectivity index (χ0v) is 22.9. The van der Waals surface area contributed by atoms with E-state index in [9.17, 15) is 13.2 Å². The number of thiazole rings is 1. The van der Waals surface area contributed by atoms with E-state index in [2.05, 4.69) is 31.7 Å². The van der Waals surface area contributed by atoms with Crippen molar-refractivity contribution in [2.75, 3.05) is 36.8 Å². The van der Waals surface area contributed by atoms with Gasteiger partial charge in [0.2, 0.25) is 5.91 Å². The molecule has 3 aromatic rings. The van der Waals surface area contributed by atoms with E-state index in [1.807, 2.05) is 19.9 Å². The summed E-state index contributed by atoms with van der Waals surface area (Å²) in [7, 11) is -3.54. The molecule has 0 radical (unpaired) electrons. The van der Waals surface area contributed by atoms with Crippen LogP contribution in [0.25, 0.3) is 10.2 Å². The summed E-state index contributed by atoms with van der Waals surface area (Å²) in [6.45, 7) is 13.2. The first kappa shape index (κ1) is 28.2. The van der Waals surface area contributed by atoms with Crippen molar-refractivity contribution in [2.45, 2.75) is 45.9 Å². The lowest BCUT2D eigenvalue weighted by Crippen LogP contribution is -2.39. The van der Waals surface area contributed by atoms with Crippen LogP contribution < -0.4 is 4.90 Å². The first-order chi connectivity index (χ1) is 15.6. The molecular weight excluding hydrogens is 490 g/mol. The van der Waals surface area contributed by atoms with E-state index in [0.29, 0.717) is 18.2 Å². The average molecular weight is 524 g/mol. The Kier molecular flexibility index (Phi) is 10.1. The second-order valence-corrected chi connectivity index (χ2v) is 11.5. The summed E-state index contributed by atoms with van der Waals surface area (Å²) < 4.78 is 26.6. The third-order valence-electron chi connectivity index (χ3n) is 6.02. The number of carbonyl (C=O) groups excluding carboxylic acids is 1. The van der Waals surface area contributed by atoms with Crippen LogP contribution in [-0.2, 0) is 14.6 Å². The molecule has 9 heteroatoms. The van der Waals surface area contributed by atoms with Crippen LogP contribution in [0.1, 0.15) is 37.0 Å². The summed E-state index contributed by atoms with van der Waals surface area (Å²) in [4.78, 5) is 22.2. The third kappa shape index (κ3) is 6.78. The topological polar surface area (TPSA) is 70.6 Å². The van der Waals surface area contributed by atoms with E-state index in [-0.39, 0.29) is 35.4 Å². The molecule has 0 atom stereocenters. The van der Waals surface area contributed by atoms with Crippen molar-refractivity contribution in [2.24, 2.45) is 0 Å². The average Bonchev–Trinajstić information content (AvgIpc) is 3.18. The molecule has 0 aliphatic heterocycles. The molecule has 1 heterocycles. The molecule has 1 amide bonds. The lowest BCUT2D eigenvalue weighted by atomic mass is 10.1. The van der Waals surface area contributed by atoms with E-state index in [0.717, 1.165) is 34.4 Å². The number of nitrogens with zero attached hydrogens (tertiary/aromatic N) is 3. The number of fused-ring (bicyclic) bond motifs is 1. The van der Waals surface area contributed by atoms with Crippen molar-refractivity contribution >= 4 is 54.8 Å². The van der Waals surface area contributed by atoms with Crippen molar-refractivity contribution in [1.29, 1.82) is 0 Å². The monoisotopic (exact) mass is 523 g/mol. The van der Waals surface area contributed by atoms with Crippen LogP contribution in [0.3, 0.4) is 0 Å². The predicted molar refractivity (Wildman–Crippen MR) is 144 cm³/mol. The van der Waals surface area contributed by atoms with Crippen LogP contribution in [0.15, 0.2) is 41.3 Å². The van der Waals surface area contributed by atoms with E-state index in [1.54, 1.807) is 29.2 Å². The number of aromatic nitrogens is 1. The lowest BCUT2D eigenvalue weighted by Gasteiger charge is -2.24. The van der Waals surface area contributed by atoms with Crippen LogP contribution >= 0.6 is 23.7 Å². The Morgan fingerprint density at radius 2 is 1.59 bits per heavy atom. The summed E-state index contributed by atoms with van der Waals surface area (Å²) in [5.41, 5.74) is 4.20. The minimum atomic E-state index is -3.54. The molecule has 0 aliphatic rings. The lowest BCUT2D eigenvalue weighted by molar-refractivity contribution is -0.118. The second kappa shape index (κ2) is 12.1. The number of rotatable bonds is 10. The maximum absolute atomic E-state index is 13.3. The van der Waals surface area contributed by atoms with Crippen LogP contribution in [-0.4, -0.2) is 56.1 Å². The third-order valence-corrected chi connectivity index (χ3v) is 8.80. The van der Waals surface area contributed by atoms with Gasteiger partial charge in [-0.15, -0.1) is 12.4 Å². The van der Waals surface area contributed by atoms with Gasteiger partial charge in [-0.05, 0) is 69.3 Å². The van der Waals surface area contributed by atoms with E-state index in [4.69, 9.17) is 4.98 Å². The van der Waals surface area contributed by atoms with Gasteiger partial charge in [0.05, 0.1) is 20.9 Å². The van der Waals surface area contributed by atoms with Gasteiger partial charge in [0.1, 0.15) is 0 Å². The molecule has 0 spiro atoms. The summed E-state index contributed by atoms with van der Waals surface area (Å²) in [5, 5.41) is 0.625. The number of hydrogen-bond donors (Lipinski definition) is 0. The quantitative estimate of drug-likeness (QED) is 0.366. The first-order valence-corrected chi connectivity index (χ1v) is 13.8. The first-order valence-electron chi connectivity index (χ1n) is 11.3. The predicted octanol–water partition coefficient (Wildman–Crippen LogP) is 5.18. The molecule has 0 unspecified atom stereocenters. The fraction of sp³-hybridized carbons (Fsp3) is 0.440. The Morgan fingerprint density at radius 3 is 2.21 bits per heavy atom. The summed E-state index contributed by atoms with van der Waals surface area (Å²) in [5.74, 6) is -0.440. The molecule has 2 aromatic carbocycles. The number of amides is 1. The van der Waals surface area contributed by atoms with Gasteiger partial charge in [0.15, 0.2) is 15.0 Å². The zero-order chi connectivity index (χ0) is 24.2. The van der Waals surface area contributed by atoms with E-state index in [1.165, 1.54) is 16.9 Å². The maximum Gasteiger partial charge on any atom is 0.229 e. The second-order valence-electron chi connectivity index (χ2n) is 8.35. The molecule has 0 saturated heterocycles. The normalized spacial score (nSPS) is 11.6. The molecule has 0 aliphatic carbocycles. The van der Waals surface area contributed by atoms with Crippen molar-refractivity contribution in [3.8, 4) is 0 Å². The van der Waals surface area contributed by atoms with E-state index < -0.39 is 9.84 Å². The molecular formula is C25H34ClN3O3S2. The number of aryl methyl sites for hydroxylation is 3. The Morgan fingerprint density at radius 1 is 0.971 bits per heavy atom. The van der Waals surface area contributed by atoms with Crippen molar-refractivity contribution in [3.63, 3.8) is 0 Å². The Hall–Kier alpha value is -2.00. The van der Waals surface area contributed by atoms with Gasteiger partial charge in [0.25, 0.3) is 0 Å². The summed E-state index contributed by atoms with van der Waals surface area (Å²) in [6, 6.07) is 10.9. The number of carbonyl (C=O) groups is 1. The highest BCUT2D eigenvalue weighted by molar-refractivity contribution is 7.91. The molecule has 186 valence electrons. The summed E-state index contributed by atoms with van der Waals surface area (Å²) in [6.07, 6.45) is -0.0809. The van der Waals surface area contributed by atoms with Gasteiger partial charge >= 0.3 is 0 Å². The molecule has 0 fully saturated rings. The fourth-order valence-corrected chi connectivity index (χ4v) is 5.93. The molecule has 1 aromatic heterocycles.